The first-order chi connectivity index (χ1) is 6.53. The van der Waals surface area contributed by atoms with Gasteiger partial charge in [0.2, 0.25) is 0 Å². The van der Waals surface area contributed by atoms with Crippen molar-refractivity contribution in [3.8, 4) is 6.07 Å². The normalized spacial score (nSPS) is 29.3. The Morgan fingerprint density at radius 1 is 1.14 bits per heavy atom. The molecule has 0 aromatic heterocycles. The van der Waals surface area contributed by atoms with Crippen LogP contribution in [0.2, 0.25) is 0 Å². The van der Waals surface area contributed by atoms with Gasteiger partial charge in [0.1, 0.15) is 0 Å². The van der Waals surface area contributed by atoms with Crippen molar-refractivity contribution in [2.24, 2.45) is 5.92 Å². The average Bonchev–Trinajstić information content (AvgIpc) is 2.27. The quantitative estimate of drug-likeness (QED) is 0.601. The number of nitriles is 1. The molecule has 1 rings (SSSR count). The molecule has 2 unspecified atom stereocenters. The summed E-state index contributed by atoms with van der Waals surface area (Å²) in [6, 6.07) is 2.39. The summed E-state index contributed by atoms with van der Waals surface area (Å²) in [7, 11) is 0. The lowest BCUT2D eigenvalue weighted by Crippen LogP contribution is -2.31. The summed E-state index contributed by atoms with van der Waals surface area (Å²) >= 11 is 0. The van der Waals surface area contributed by atoms with E-state index in [0.29, 0.717) is 0 Å². The molecule has 0 bridgehead atoms. The van der Waals surface area contributed by atoms with Crippen LogP contribution in [0.5, 0.6) is 0 Å². The van der Waals surface area contributed by atoms with Crippen molar-refractivity contribution in [1.82, 2.24) is 0 Å². The van der Waals surface area contributed by atoms with E-state index in [9.17, 15) is 0 Å². The highest BCUT2D eigenvalue weighted by atomic mass is 16.5. The second-order valence-electron chi connectivity index (χ2n) is 5.14. The molecule has 0 saturated heterocycles. The third-order valence-corrected chi connectivity index (χ3v) is 2.62. The minimum absolute atomic E-state index is 0.108. The summed E-state index contributed by atoms with van der Waals surface area (Å²) < 4.78 is 5.94. The first kappa shape index (κ1) is 11.5. The Morgan fingerprint density at radius 2 is 1.79 bits per heavy atom. The zero-order chi connectivity index (χ0) is 10.6. The number of ether oxygens (including phenoxy) is 1. The molecule has 0 spiro atoms. The molecule has 0 aromatic rings. The smallest absolute Gasteiger partial charge is 0.0740 e. The molecule has 2 atom stereocenters. The molecule has 0 radical (unpaired) electrons. The van der Waals surface area contributed by atoms with Crippen molar-refractivity contribution >= 4 is 0 Å². The van der Waals surface area contributed by atoms with E-state index in [1.54, 1.807) is 0 Å². The maximum Gasteiger partial charge on any atom is 0.0740 e. The predicted molar refractivity (Wildman–Crippen MR) is 56.8 cm³/mol. The molecule has 1 aliphatic carbocycles. The van der Waals surface area contributed by atoms with Crippen LogP contribution in [0.15, 0.2) is 0 Å². The van der Waals surface area contributed by atoms with Crippen molar-refractivity contribution < 1.29 is 4.74 Å². The van der Waals surface area contributed by atoms with Gasteiger partial charge in [-0.1, -0.05) is 19.3 Å². The lowest BCUT2D eigenvalue weighted by Gasteiger charge is -2.29. The Bertz CT molecular complexity index is 211. The minimum atomic E-state index is -0.121. The van der Waals surface area contributed by atoms with Crippen LogP contribution in [-0.2, 0) is 4.74 Å². The van der Waals surface area contributed by atoms with Gasteiger partial charge < -0.3 is 4.74 Å². The Labute approximate surface area is 87.3 Å². The molecular formula is C12H21NO. The van der Waals surface area contributed by atoms with E-state index >= 15 is 0 Å². The van der Waals surface area contributed by atoms with Gasteiger partial charge in [-0.05, 0) is 33.6 Å². The van der Waals surface area contributed by atoms with E-state index in [0.717, 1.165) is 12.8 Å². The molecule has 80 valence electrons. The van der Waals surface area contributed by atoms with Gasteiger partial charge in [0, 0.05) is 0 Å². The average molecular weight is 195 g/mol. The molecule has 2 nitrogen and oxygen atoms in total. The maximum absolute atomic E-state index is 9.05. The van der Waals surface area contributed by atoms with Gasteiger partial charge in [-0.2, -0.15) is 5.26 Å². The molecule has 14 heavy (non-hydrogen) atoms. The first-order valence-corrected chi connectivity index (χ1v) is 5.60. The van der Waals surface area contributed by atoms with Crippen LogP contribution >= 0.6 is 0 Å². The van der Waals surface area contributed by atoms with E-state index in [2.05, 4.69) is 26.8 Å². The molecule has 0 heterocycles. The molecule has 1 saturated carbocycles. The van der Waals surface area contributed by atoms with Gasteiger partial charge in [-0.25, -0.2) is 0 Å². The SMILES string of the molecule is CC(C)(C)OC1CCCCCC1C#N. The third-order valence-electron chi connectivity index (χ3n) is 2.62. The zero-order valence-corrected chi connectivity index (χ0v) is 9.55. The summed E-state index contributed by atoms with van der Waals surface area (Å²) in [5.41, 5.74) is -0.121. The molecule has 0 N–H and O–H groups in total. The monoisotopic (exact) mass is 195 g/mol. The standard InChI is InChI=1S/C12H21NO/c1-12(2,3)14-11-8-6-4-5-7-10(11)9-13/h10-11H,4-8H2,1-3H3. The summed E-state index contributed by atoms with van der Waals surface area (Å²) in [5.74, 6) is 0.108. The summed E-state index contributed by atoms with van der Waals surface area (Å²) in [5, 5.41) is 9.05. The van der Waals surface area contributed by atoms with Gasteiger partial charge in [-0.15, -0.1) is 0 Å². The maximum atomic E-state index is 9.05. The van der Waals surface area contributed by atoms with Crippen molar-refractivity contribution in [2.45, 2.75) is 64.6 Å². The lowest BCUT2D eigenvalue weighted by atomic mass is 9.98. The fraction of sp³-hybridized carbons (Fsp3) is 0.917. The molecule has 1 aliphatic rings. The molecule has 1 fully saturated rings. The number of hydrogen-bond acceptors (Lipinski definition) is 2. The fourth-order valence-electron chi connectivity index (χ4n) is 2.02. The van der Waals surface area contributed by atoms with Crippen molar-refractivity contribution in [2.75, 3.05) is 0 Å². The number of nitrogens with zero attached hydrogens (tertiary/aromatic N) is 1. The lowest BCUT2D eigenvalue weighted by molar-refractivity contribution is -0.0780. The predicted octanol–water partition coefficient (Wildman–Crippen LogP) is 3.27. The third kappa shape index (κ3) is 3.67. The first-order valence-electron chi connectivity index (χ1n) is 5.60. The van der Waals surface area contributed by atoms with Crippen molar-refractivity contribution in [3.63, 3.8) is 0 Å². The van der Waals surface area contributed by atoms with Crippen molar-refractivity contribution in [1.29, 1.82) is 5.26 Å². The fourth-order valence-corrected chi connectivity index (χ4v) is 2.02. The van der Waals surface area contributed by atoms with Crippen LogP contribution in [0.25, 0.3) is 0 Å². The Hall–Kier alpha value is -0.550. The molecular weight excluding hydrogens is 174 g/mol. The van der Waals surface area contributed by atoms with Crippen LogP contribution in [-0.4, -0.2) is 11.7 Å². The topological polar surface area (TPSA) is 33.0 Å². The molecule has 0 amide bonds. The minimum Gasteiger partial charge on any atom is -0.371 e. The second-order valence-corrected chi connectivity index (χ2v) is 5.14. The van der Waals surface area contributed by atoms with Gasteiger partial charge >= 0.3 is 0 Å². The Morgan fingerprint density at radius 3 is 2.36 bits per heavy atom. The van der Waals surface area contributed by atoms with Gasteiger partial charge in [-0.3, -0.25) is 0 Å². The van der Waals surface area contributed by atoms with Gasteiger partial charge in [0.15, 0.2) is 0 Å². The number of hydrogen-bond donors (Lipinski definition) is 0. The Kier molecular flexibility index (Phi) is 3.95. The largest absolute Gasteiger partial charge is 0.371 e. The summed E-state index contributed by atoms with van der Waals surface area (Å²) in [6.45, 7) is 6.19. The summed E-state index contributed by atoms with van der Waals surface area (Å²) in [6.07, 6.45) is 5.86. The van der Waals surface area contributed by atoms with Gasteiger partial charge in [0.25, 0.3) is 0 Å². The molecule has 0 aromatic carbocycles. The highest BCUT2D eigenvalue weighted by Gasteiger charge is 2.27. The number of rotatable bonds is 1. The van der Waals surface area contributed by atoms with Crippen LogP contribution in [0, 0.1) is 17.2 Å². The van der Waals surface area contributed by atoms with Crippen LogP contribution in [0.3, 0.4) is 0 Å². The van der Waals surface area contributed by atoms with E-state index in [1.165, 1.54) is 19.3 Å². The van der Waals surface area contributed by atoms with Crippen LogP contribution < -0.4 is 0 Å². The van der Waals surface area contributed by atoms with E-state index in [-0.39, 0.29) is 17.6 Å². The summed E-state index contributed by atoms with van der Waals surface area (Å²) in [4.78, 5) is 0. The molecule has 0 aliphatic heterocycles. The van der Waals surface area contributed by atoms with E-state index < -0.39 is 0 Å². The Balaban J connectivity index is 2.58. The van der Waals surface area contributed by atoms with Crippen molar-refractivity contribution in [3.05, 3.63) is 0 Å². The second kappa shape index (κ2) is 4.79. The van der Waals surface area contributed by atoms with Crippen LogP contribution in [0.1, 0.15) is 52.9 Å². The van der Waals surface area contributed by atoms with Gasteiger partial charge in [0.05, 0.1) is 23.7 Å². The van der Waals surface area contributed by atoms with E-state index in [4.69, 9.17) is 10.00 Å². The highest BCUT2D eigenvalue weighted by Crippen LogP contribution is 2.28. The van der Waals surface area contributed by atoms with Crippen LogP contribution in [0.4, 0.5) is 0 Å². The molecule has 2 heteroatoms. The zero-order valence-electron chi connectivity index (χ0n) is 9.55. The highest BCUT2D eigenvalue weighted by molar-refractivity contribution is 4.91. The van der Waals surface area contributed by atoms with E-state index in [1.807, 2.05) is 0 Å².